The Labute approximate surface area is 175 Å². The predicted molar refractivity (Wildman–Crippen MR) is 114 cm³/mol. The summed E-state index contributed by atoms with van der Waals surface area (Å²) in [5.74, 6) is 2.31. The fourth-order valence-electron chi connectivity index (χ4n) is 4.00. The fraction of sp³-hybridized carbons (Fsp3) is 0.381. The molecule has 1 N–H and O–H groups in total. The van der Waals surface area contributed by atoms with Gasteiger partial charge in [0.25, 0.3) is 0 Å². The third-order valence-electron chi connectivity index (χ3n) is 5.45. The zero-order valence-corrected chi connectivity index (χ0v) is 17.7. The minimum Gasteiger partial charge on any atom is -0.493 e. The minimum atomic E-state index is -0.496. The number of methoxy groups -OCH3 is 2. The van der Waals surface area contributed by atoms with E-state index in [1.807, 2.05) is 36.4 Å². The van der Waals surface area contributed by atoms with Crippen LogP contribution >= 0.6 is 23.8 Å². The first-order valence-corrected chi connectivity index (χ1v) is 9.99. The molecule has 5 nitrogen and oxygen atoms in total. The first-order valence-electron chi connectivity index (χ1n) is 9.21. The molecule has 0 unspecified atom stereocenters. The van der Waals surface area contributed by atoms with E-state index in [4.69, 9.17) is 38.0 Å². The molecule has 0 amide bonds. The van der Waals surface area contributed by atoms with Crippen molar-refractivity contribution in [1.29, 1.82) is 0 Å². The van der Waals surface area contributed by atoms with Crippen LogP contribution in [0.1, 0.15) is 30.5 Å². The summed E-state index contributed by atoms with van der Waals surface area (Å²) in [6.45, 7) is 2.83. The van der Waals surface area contributed by atoms with Gasteiger partial charge in [0.1, 0.15) is 5.75 Å². The summed E-state index contributed by atoms with van der Waals surface area (Å²) in [6, 6.07) is 11.8. The van der Waals surface area contributed by atoms with Crippen LogP contribution in [0, 0.1) is 0 Å². The third kappa shape index (κ3) is 3.35. The van der Waals surface area contributed by atoms with Crippen molar-refractivity contribution in [3.8, 4) is 17.2 Å². The molecular formula is C21H23ClN2O3S. The highest BCUT2D eigenvalue weighted by atomic mass is 35.5. The molecule has 1 fully saturated rings. The summed E-state index contributed by atoms with van der Waals surface area (Å²) in [6.07, 6.45) is 1.60. The van der Waals surface area contributed by atoms with E-state index in [-0.39, 0.29) is 6.04 Å². The number of benzene rings is 2. The highest BCUT2D eigenvalue weighted by Crippen LogP contribution is 2.44. The van der Waals surface area contributed by atoms with Crippen LogP contribution in [0.4, 0.5) is 0 Å². The number of rotatable bonds is 5. The van der Waals surface area contributed by atoms with Gasteiger partial charge in [0.2, 0.25) is 0 Å². The fourth-order valence-corrected chi connectivity index (χ4v) is 4.61. The Balaban J connectivity index is 1.55. The van der Waals surface area contributed by atoms with E-state index in [1.165, 1.54) is 0 Å². The van der Waals surface area contributed by atoms with Gasteiger partial charge in [0.15, 0.2) is 22.3 Å². The van der Waals surface area contributed by atoms with Crippen molar-refractivity contribution in [1.82, 2.24) is 10.2 Å². The van der Waals surface area contributed by atoms with Crippen molar-refractivity contribution < 1.29 is 14.2 Å². The summed E-state index contributed by atoms with van der Waals surface area (Å²) in [4.78, 5) is 2.13. The van der Waals surface area contributed by atoms with Gasteiger partial charge < -0.3 is 24.4 Å². The lowest BCUT2D eigenvalue weighted by Gasteiger charge is -2.52. The standard InChI is InChI=1S/C21H23ClN2O3S/c1-21-12-16(15-11-14(22)5-7-17(15)27-21)23-20(28)24(21)9-8-13-4-6-18(25-2)19(10-13)26-3/h4-7,10-11,16H,8-9,12H2,1-3H3,(H,23,28)/t16-,21+/m0/s1. The minimum absolute atomic E-state index is 0.109. The molecule has 2 atom stereocenters. The van der Waals surface area contributed by atoms with Crippen molar-refractivity contribution in [2.24, 2.45) is 0 Å². The molecule has 0 spiro atoms. The van der Waals surface area contributed by atoms with Crippen molar-refractivity contribution in [3.05, 3.63) is 52.5 Å². The molecule has 148 valence electrons. The molecule has 2 heterocycles. The second-order valence-corrected chi connectivity index (χ2v) is 8.08. The van der Waals surface area contributed by atoms with Crippen LogP contribution in [-0.4, -0.2) is 36.5 Å². The van der Waals surface area contributed by atoms with Crippen molar-refractivity contribution in [3.63, 3.8) is 0 Å². The average molecular weight is 419 g/mol. The number of fused-ring (bicyclic) bond motifs is 4. The molecule has 7 heteroatoms. The monoisotopic (exact) mass is 418 g/mol. The van der Waals surface area contributed by atoms with Gasteiger partial charge in [0, 0.05) is 23.6 Å². The number of halogens is 1. The number of hydrogen-bond donors (Lipinski definition) is 1. The summed E-state index contributed by atoms with van der Waals surface area (Å²) in [5.41, 5.74) is 1.71. The molecule has 2 aliphatic rings. The van der Waals surface area contributed by atoms with Gasteiger partial charge in [-0.1, -0.05) is 17.7 Å². The molecule has 1 saturated heterocycles. The Hall–Kier alpha value is -2.18. The first kappa shape index (κ1) is 19.2. The van der Waals surface area contributed by atoms with Gasteiger partial charge in [-0.3, -0.25) is 0 Å². The Morgan fingerprint density at radius 3 is 2.75 bits per heavy atom. The lowest BCUT2D eigenvalue weighted by molar-refractivity contribution is -0.0676. The van der Waals surface area contributed by atoms with E-state index in [0.717, 1.165) is 47.8 Å². The van der Waals surface area contributed by atoms with Crippen LogP contribution in [0.15, 0.2) is 36.4 Å². The highest BCUT2D eigenvalue weighted by molar-refractivity contribution is 7.80. The van der Waals surface area contributed by atoms with Gasteiger partial charge >= 0.3 is 0 Å². The number of ether oxygens (including phenoxy) is 3. The van der Waals surface area contributed by atoms with Gasteiger partial charge in [0.05, 0.1) is 20.3 Å². The summed E-state index contributed by atoms with van der Waals surface area (Å²) < 4.78 is 17.1. The van der Waals surface area contributed by atoms with Crippen LogP contribution in [-0.2, 0) is 6.42 Å². The average Bonchev–Trinajstić information content (AvgIpc) is 2.67. The van der Waals surface area contributed by atoms with E-state index >= 15 is 0 Å². The summed E-state index contributed by atoms with van der Waals surface area (Å²) >= 11 is 11.8. The molecule has 0 aromatic heterocycles. The van der Waals surface area contributed by atoms with E-state index in [1.54, 1.807) is 14.2 Å². The molecule has 0 saturated carbocycles. The quantitative estimate of drug-likeness (QED) is 0.729. The molecular weight excluding hydrogens is 396 g/mol. The van der Waals surface area contributed by atoms with Crippen LogP contribution in [0.5, 0.6) is 17.2 Å². The van der Waals surface area contributed by atoms with E-state index < -0.39 is 5.72 Å². The molecule has 2 bridgehead atoms. The highest BCUT2D eigenvalue weighted by Gasteiger charge is 2.47. The van der Waals surface area contributed by atoms with E-state index in [9.17, 15) is 0 Å². The Bertz CT molecular complexity index is 923. The molecule has 2 aromatic rings. The van der Waals surface area contributed by atoms with Gasteiger partial charge in [-0.15, -0.1) is 0 Å². The van der Waals surface area contributed by atoms with E-state index in [2.05, 4.69) is 17.1 Å². The smallest absolute Gasteiger partial charge is 0.184 e. The van der Waals surface area contributed by atoms with Crippen molar-refractivity contribution >= 4 is 28.9 Å². The Kier molecular flexibility index (Phi) is 5.02. The molecule has 2 aliphatic heterocycles. The topological polar surface area (TPSA) is 43.0 Å². The van der Waals surface area contributed by atoms with Gasteiger partial charge in [-0.2, -0.15) is 0 Å². The first-order chi connectivity index (χ1) is 13.4. The van der Waals surface area contributed by atoms with Crippen molar-refractivity contribution in [2.75, 3.05) is 20.8 Å². The maximum atomic E-state index is 6.39. The molecule has 4 rings (SSSR count). The normalized spacial score (nSPS) is 22.8. The second-order valence-electron chi connectivity index (χ2n) is 7.26. The van der Waals surface area contributed by atoms with E-state index in [0.29, 0.717) is 10.1 Å². The van der Waals surface area contributed by atoms with Crippen LogP contribution in [0.2, 0.25) is 5.02 Å². The second kappa shape index (κ2) is 7.33. The summed E-state index contributed by atoms with van der Waals surface area (Å²) in [5, 5.41) is 4.86. The van der Waals surface area contributed by atoms with Gasteiger partial charge in [-0.05, 0) is 61.5 Å². The zero-order chi connectivity index (χ0) is 19.9. The lowest BCUT2D eigenvalue weighted by atomic mass is 9.90. The number of nitrogens with one attached hydrogen (secondary N) is 1. The third-order valence-corrected chi connectivity index (χ3v) is 6.02. The molecule has 0 radical (unpaired) electrons. The van der Waals surface area contributed by atoms with Gasteiger partial charge in [-0.25, -0.2) is 0 Å². The predicted octanol–water partition coefficient (Wildman–Crippen LogP) is 4.33. The summed E-state index contributed by atoms with van der Waals surface area (Å²) in [7, 11) is 3.28. The Morgan fingerprint density at radius 1 is 1.21 bits per heavy atom. The SMILES string of the molecule is COc1ccc(CCN2C(=S)N[C@H]3C[C@@]2(C)Oc2ccc(Cl)cc23)cc1OC. The molecule has 28 heavy (non-hydrogen) atoms. The number of thiocarbonyl (C=S) groups is 1. The van der Waals surface area contributed by atoms with Crippen LogP contribution < -0.4 is 19.5 Å². The number of hydrogen-bond acceptors (Lipinski definition) is 4. The van der Waals surface area contributed by atoms with Crippen LogP contribution in [0.25, 0.3) is 0 Å². The molecule has 0 aliphatic carbocycles. The molecule has 2 aromatic carbocycles. The van der Waals surface area contributed by atoms with Crippen LogP contribution in [0.3, 0.4) is 0 Å². The lowest BCUT2D eigenvalue weighted by Crippen LogP contribution is -2.64. The maximum Gasteiger partial charge on any atom is 0.184 e. The maximum absolute atomic E-state index is 6.39. The van der Waals surface area contributed by atoms with Crippen molar-refractivity contribution in [2.45, 2.75) is 31.5 Å². The zero-order valence-electron chi connectivity index (χ0n) is 16.1. The largest absolute Gasteiger partial charge is 0.493 e. The Morgan fingerprint density at radius 2 is 2.00 bits per heavy atom. The number of nitrogens with zero attached hydrogens (tertiary/aromatic N) is 1.